The van der Waals surface area contributed by atoms with Crippen molar-refractivity contribution < 1.29 is 9.00 Å². The summed E-state index contributed by atoms with van der Waals surface area (Å²) in [7, 11) is -0.878. The van der Waals surface area contributed by atoms with Gasteiger partial charge in [-0.25, -0.2) is 0 Å². The Bertz CT molecular complexity index is 271. The van der Waals surface area contributed by atoms with Crippen molar-refractivity contribution in [3.8, 4) is 0 Å². The fourth-order valence-corrected chi connectivity index (χ4v) is 2.47. The van der Waals surface area contributed by atoms with Gasteiger partial charge in [-0.1, -0.05) is 6.42 Å². The van der Waals surface area contributed by atoms with E-state index in [1.165, 1.54) is 0 Å². The van der Waals surface area contributed by atoms with Crippen molar-refractivity contribution >= 4 is 16.7 Å². The highest BCUT2D eigenvalue weighted by atomic mass is 32.2. The van der Waals surface area contributed by atoms with Crippen LogP contribution in [-0.2, 0) is 15.6 Å². The molecule has 16 heavy (non-hydrogen) atoms. The van der Waals surface area contributed by atoms with Crippen molar-refractivity contribution in [3.05, 3.63) is 0 Å². The molecule has 0 spiro atoms. The number of nitrogens with one attached hydrogen (secondary N) is 1. The van der Waals surface area contributed by atoms with Gasteiger partial charge in [0.25, 0.3) is 0 Å². The average molecular weight is 246 g/mol. The van der Waals surface area contributed by atoms with Crippen molar-refractivity contribution in [2.75, 3.05) is 19.3 Å². The van der Waals surface area contributed by atoms with Crippen LogP contribution in [0.2, 0.25) is 0 Å². The lowest BCUT2D eigenvalue weighted by atomic mass is 9.95. The summed E-state index contributed by atoms with van der Waals surface area (Å²) in [5, 5.41) is 2.90. The first-order chi connectivity index (χ1) is 7.56. The number of hydrogen-bond acceptors (Lipinski definition) is 3. The van der Waals surface area contributed by atoms with Crippen molar-refractivity contribution in [2.45, 2.75) is 31.4 Å². The molecule has 0 heterocycles. The Morgan fingerprint density at radius 3 is 2.81 bits per heavy atom. The highest BCUT2D eigenvalue weighted by Gasteiger charge is 2.31. The van der Waals surface area contributed by atoms with Gasteiger partial charge in [-0.2, -0.15) is 0 Å². The Kier molecular flexibility index (Phi) is 5.41. The zero-order valence-electron chi connectivity index (χ0n) is 10.1. The Hall–Kier alpha value is -0.420. The molecule has 4 atom stereocenters. The maximum Gasteiger partial charge on any atom is 0.223 e. The Balaban J connectivity index is 2.37. The van der Waals surface area contributed by atoms with Crippen LogP contribution >= 0.6 is 0 Å². The summed E-state index contributed by atoms with van der Waals surface area (Å²) in [4.78, 5) is 11.9. The van der Waals surface area contributed by atoms with Gasteiger partial charge in [0, 0.05) is 34.8 Å². The van der Waals surface area contributed by atoms with Crippen LogP contribution in [-0.4, -0.2) is 34.7 Å². The summed E-state index contributed by atoms with van der Waals surface area (Å²) in [6, 6.07) is 0. The minimum absolute atomic E-state index is 0.0154. The van der Waals surface area contributed by atoms with Gasteiger partial charge in [0.2, 0.25) is 5.91 Å². The monoisotopic (exact) mass is 246 g/mol. The zero-order valence-corrected chi connectivity index (χ0v) is 10.9. The number of amides is 1. The topological polar surface area (TPSA) is 72.2 Å². The van der Waals surface area contributed by atoms with E-state index in [9.17, 15) is 9.00 Å². The van der Waals surface area contributed by atoms with Crippen LogP contribution < -0.4 is 11.1 Å². The lowest BCUT2D eigenvalue weighted by Crippen LogP contribution is -2.39. The Morgan fingerprint density at radius 2 is 2.25 bits per heavy atom. The molecule has 1 saturated carbocycles. The van der Waals surface area contributed by atoms with E-state index in [0.29, 0.717) is 19.0 Å². The number of nitrogens with two attached hydrogens (primary N) is 1. The summed E-state index contributed by atoms with van der Waals surface area (Å²) < 4.78 is 11.1. The number of rotatable bonds is 5. The molecule has 0 radical (unpaired) electrons. The van der Waals surface area contributed by atoms with Gasteiger partial charge in [0.15, 0.2) is 0 Å². The second kappa shape index (κ2) is 6.35. The second-order valence-electron chi connectivity index (χ2n) is 4.59. The minimum atomic E-state index is -0.878. The third-order valence-corrected chi connectivity index (χ3v) is 4.73. The van der Waals surface area contributed by atoms with Crippen LogP contribution in [0, 0.1) is 11.8 Å². The predicted octanol–water partition coefficient (Wildman–Crippen LogP) is 0.245. The first-order valence-electron chi connectivity index (χ1n) is 5.86. The minimum Gasteiger partial charge on any atom is -0.355 e. The van der Waals surface area contributed by atoms with Gasteiger partial charge < -0.3 is 11.1 Å². The quantitative estimate of drug-likeness (QED) is 0.730. The standard InChI is InChI=1S/C11H22N2O2S/c1-8(16(2)15)7-13-11(14)10-5-3-4-9(10)6-12/h8-10H,3-7,12H2,1-2H3,(H,13,14). The van der Waals surface area contributed by atoms with Gasteiger partial charge in [-0.05, 0) is 32.2 Å². The molecule has 1 rings (SSSR count). The van der Waals surface area contributed by atoms with Crippen LogP contribution in [0.3, 0.4) is 0 Å². The molecule has 4 unspecified atom stereocenters. The average Bonchev–Trinajstić information content (AvgIpc) is 2.73. The van der Waals surface area contributed by atoms with Crippen molar-refractivity contribution in [1.29, 1.82) is 0 Å². The third-order valence-electron chi connectivity index (χ3n) is 3.43. The highest BCUT2D eigenvalue weighted by Crippen LogP contribution is 2.30. The zero-order chi connectivity index (χ0) is 12.1. The van der Waals surface area contributed by atoms with E-state index in [-0.39, 0.29) is 17.1 Å². The van der Waals surface area contributed by atoms with E-state index < -0.39 is 10.8 Å². The first-order valence-corrected chi connectivity index (χ1v) is 7.48. The van der Waals surface area contributed by atoms with Crippen LogP contribution in [0.1, 0.15) is 26.2 Å². The van der Waals surface area contributed by atoms with Crippen LogP contribution in [0.15, 0.2) is 0 Å². The van der Waals surface area contributed by atoms with E-state index in [2.05, 4.69) is 5.32 Å². The molecule has 3 N–H and O–H groups in total. The van der Waals surface area contributed by atoms with Gasteiger partial charge in [-0.15, -0.1) is 0 Å². The highest BCUT2D eigenvalue weighted by molar-refractivity contribution is 7.84. The normalized spacial score (nSPS) is 28.7. The molecule has 0 aromatic carbocycles. The van der Waals surface area contributed by atoms with Gasteiger partial charge >= 0.3 is 0 Å². The van der Waals surface area contributed by atoms with E-state index in [1.54, 1.807) is 6.26 Å². The molecular formula is C11H22N2O2S. The first kappa shape index (κ1) is 13.6. The largest absolute Gasteiger partial charge is 0.355 e. The van der Waals surface area contributed by atoms with Crippen LogP contribution in [0.5, 0.6) is 0 Å². The molecule has 1 aliphatic carbocycles. The van der Waals surface area contributed by atoms with E-state index >= 15 is 0 Å². The maximum absolute atomic E-state index is 11.9. The van der Waals surface area contributed by atoms with E-state index in [0.717, 1.165) is 19.3 Å². The van der Waals surface area contributed by atoms with Gasteiger partial charge in [-0.3, -0.25) is 9.00 Å². The molecule has 0 bridgehead atoms. The molecule has 1 fully saturated rings. The molecule has 0 saturated heterocycles. The summed E-state index contributed by atoms with van der Waals surface area (Å²) >= 11 is 0. The fourth-order valence-electron chi connectivity index (χ4n) is 2.16. The molecule has 4 nitrogen and oxygen atoms in total. The lowest BCUT2D eigenvalue weighted by Gasteiger charge is -2.18. The number of carbonyl (C=O) groups excluding carboxylic acids is 1. The van der Waals surface area contributed by atoms with Crippen LogP contribution in [0.4, 0.5) is 0 Å². The SMILES string of the molecule is CC(CNC(=O)C1CCCC1CN)S(C)=O. The van der Waals surface area contributed by atoms with Crippen molar-refractivity contribution in [1.82, 2.24) is 5.32 Å². The second-order valence-corrected chi connectivity index (χ2v) is 6.39. The summed E-state index contributed by atoms with van der Waals surface area (Å²) in [5.41, 5.74) is 5.64. The predicted molar refractivity (Wildman–Crippen MR) is 66.4 cm³/mol. The molecule has 94 valence electrons. The van der Waals surface area contributed by atoms with E-state index in [1.807, 2.05) is 6.92 Å². The molecule has 1 amide bonds. The van der Waals surface area contributed by atoms with Gasteiger partial charge in [0.05, 0.1) is 0 Å². The third kappa shape index (κ3) is 3.56. The van der Waals surface area contributed by atoms with Crippen molar-refractivity contribution in [3.63, 3.8) is 0 Å². The number of carbonyl (C=O) groups is 1. The summed E-state index contributed by atoms with van der Waals surface area (Å²) in [6.45, 7) is 2.97. The molecule has 0 aromatic rings. The number of hydrogen-bond donors (Lipinski definition) is 2. The Morgan fingerprint density at radius 1 is 1.56 bits per heavy atom. The molecule has 1 aliphatic rings. The Labute approximate surface area is 99.8 Å². The summed E-state index contributed by atoms with van der Waals surface area (Å²) in [5.74, 6) is 0.496. The van der Waals surface area contributed by atoms with Gasteiger partial charge in [0.1, 0.15) is 0 Å². The van der Waals surface area contributed by atoms with E-state index in [4.69, 9.17) is 5.73 Å². The molecule has 0 aliphatic heterocycles. The summed E-state index contributed by atoms with van der Waals surface area (Å²) in [6.07, 6.45) is 4.76. The maximum atomic E-state index is 11.9. The molecule has 5 heteroatoms. The van der Waals surface area contributed by atoms with Crippen molar-refractivity contribution in [2.24, 2.45) is 17.6 Å². The molecule has 0 aromatic heterocycles. The van der Waals surface area contributed by atoms with Crippen LogP contribution in [0.25, 0.3) is 0 Å². The lowest BCUT2D eigenvalue weighted by molar-refractivity contribution is -0.125. The smallest absolute Gasteiger partial charge is 0.223 e. The molecular weight excluding hydrogens is 224 g/mol. The fraction of sp³-hybridized carbons (Fsp3) is 0.909.